The molecule has 0 radical (unpaired) electrons. The molecule has 0 bridgehead atoms. The smallest absolute Gasteiger partial charge is 0.312 e. The lowest BCUT2D eigenvalue weighted by molar-refractivity contribution is -0.144. The molecule has 0 saturated carbocycles. The van der Waals surface area contributed by atoms with Crippen LogP contribution in [0.5, 0.6) is 0 Å². The molecule has 0 heterocycles. The predicted octanol–water partition coefficient (Wildman–Crippen LogP) is 3.43. The van der Waals surface area contributed by atoms with E-state index >= 15 is 0 Å². The maximum Gasteiger partial charge on any atom is 0.401 e. The van der Waals surface area contributed by atoms with Crippen molar-refractivity contribution in [3.63, 3.8) is 0 Å². The SMILES string of the molecule is CC(C)CNCc1cccc(CN(C)CC(F)(F)F)c1. The lowest BCUT2D eigenvalue weighted by atomic mass is 10.1. The highest BCUT2D eigenvalue weighted by Crippen LogP contribution is 2.17. The van der Waals surface area contributed by atoms with Crippen LogP contribution in [0.4, 0.5) is 13.2 Å². The lowest BCUT2D eigenvalue weighted by Crippen LogP contribution is -2.30. The van der Waals surface area contributed by atoms with E-state index in [0.717, 1.165) is 24.2 Å². The fourth-order valence-corrected chi connectivity index (χ4v) is 2.02. The van der Waals surface area contributed by atoms with E-state index in [0.29, 0.717) is 12.5 Å². The minimum Gasteiger partial charge on any atom is -0.312 e. The molecule has 0 aromatic heterocycles. The first kappa shape index (κ1) is 17.0. The summed E-state index contributed by atoms with van der Waals surface area (Å²) in [7, 11) is 1.48. The van der Waals surface area contributed by atoms with Gasteiger partial charge in [0.1, 0.15) is 0 Å². The second kappa shape index (κ2) is 7.64. The highest BCUT2D eigenvalue weighted by molar-refractivity contribution is 5.23. The van der Waals surface area contributed by atoms with Gasteiger partial charge < -0.3 is 5.32 Å². The first-order valence-corrected chi connectivity index (χ1v) is 6.80. The minimum absolute atomic E-state index is 0.303. The third-order valence-corrected chi connectivity index (χ3v) is 2.77. The molecule has 5 heteroatoms. The molecule has 1 aromatic rings. The van der Waals surface area contributed by atoms with Crippen LogP contribution in [0.25, 0.3) is 0 Å². The molecular formula is C15H23F3N2. The molecule has 0 aliphatic carbocycles. The molecule has 0 fully saturated rings. The van der Waals surface area contributed by atoms with Crippen molar-refractivity contribution in [2.75, 3.05) is 20.1 Å². The third kappa shape index (κ3) is 7.50. The van der Waals surface area contributed by atoms with Gasteiger partial charge in [-0.05, 0) is 30.6 Å². The molecule has 0 unspecified atom stereocenters. The number of alkyl halides is 3. The zero-order valence-corrected chi connectivity index (χ0v) is 12.3. The van der Waals surface area contributed by atoms with E-state index in [1.165, 1.54) is 11.9 Å². The van der Waals surface area contributed by atoms with Crippen LogP contribution in [-0.4, -0.2) is 31.2 Å². The van der Waals surface area contributed by atoms with E-state index in [-0.39, 0.29) is 0 Å². The van der Waals surface area contributed by atoms with Crippen molar-refractivity contribution >= 4 is 0 Å². The van der Waals surface area contributed by atoms with Gasteiger partial charge in [0.05, 0.1) is 6.54 Å². The number of hydrogen-bond donors (Lipinski definition) is 1. The van der Waals surface area contributed by atoms with Crippen molar-refractivity contribution in [2.45, 2.75) is 33.1 Å². The van der Waals surface area contributed by atoms with Crippen LogP contribution in [0.3, 0.4) is 0 Å². The van der Waals surface area contributed by atoms with E-state index < -0.39 is 12.7 Å². The summed E-state index contributed by atoms with van der Waals surface area (Å²) in [6.07, 6.45) is -4.15. The zero-order chi connectivity index (χ0) is 15.2. The minimum atomic E-state index is -4.15. The normalized spacial score (nSPS) is 12.4. The molecule has 1 N–H and O–H groups in total. The van der Waals surface area contributed by atoms with Crippen LogP contribution in [0.15, 0.2) is 24.3 Å². The largest absolute Gasteiger partial charge is 0.401 e. The molecular weight excluding hydrogens is 265 g/mol. The molecule has 0 spiro atoms. The van der Waals surface area contributed by atoms with Crippen molar-refractivity contribution < 1.29 is 13.2 Å². The van der Waals surface area contributed by atoms with Crippen molar-refractivity contribution in [1.29, 1.82) is 0 Å². The van der Waals surface area contributed by atoms with E-state index in [4.69, 9.17) is 0 Å². The van der Waals surface area contributed by atoms with Gasteiger partial charge in [0.25, 0.3) is 0 Å². The molecule has 1 rings (SSSR count). The van der Waals surface area contributed by atoms with Crippen LogP contribution in [0.1, 0.15) is 25.0 Å². The van der Waals surface area contributed by atoms with Crippen LogP contribution >= 0.6 is 0 Å². The summed E-state index contributed by atoms with van der Waals surface area (Å²) in [5.41, 5.74) is 2.00. The van der Waals surface area contributed by atoms with Gasteiger partial charge in [-0.2, -0.15) is 13.2 Å². The standard InChI is InChI=1S/C15H23F3N2/c1-12(2)8-19-9-13-5-4-6-14(7-13)10-20(3)11-15(16,17)18/h4-7,12,19H,8-11H2,1-3H3. The Balaban J connectivity index is 2.51. The average molecular weight is 288 g/mol. The van der Waals surface area contributed by atoms with Gasteiger partial charge >= 0.3 is 6.18 Å². The second-order valence-electron chi connectivity index (χ2n) is 5.63. The van der Waals surface area contributed by atoms with E-state index in [9.17, 15) is 13.2 Å². The molecule has 0 amide bonds. The van der Waals surface area contributed by atoms with Gasteiger partial charge in [0, 0.05) is 13.1 Å². The maximum atomic E-state index is 12.3. The number of halogens is 3. The number of nitrogens with zero attached hydrogens (tertiary/aromatic N) is 1. The van der Waals surface area contributed by atoms with Crippen LogP contribution < -0.4 is 5.32 Å². The van der Waals surface area contributed by atoms with E-state index in [1.807, 2.05) is 24.3 Å². The Morgan fingerprint density at radius 3 is 2.45 bits per heavy atom. The summed E-state index contributed by atoms with van der Waals surface area (Å²) in [5, 5.41) is 3.33. The number of hydrogen-bond acceptors (Lipinski definition) is 2. The van der Waals surface area contributed by atoms with Crippen LogP contribution in [-0.2, 0) is 13.1 Å². The highest BCUT2D eigenvalue weighted by Gasteiger charge is 2.28. The van der Waals surface area contributed by atoms with Crippen molar-refractivity contribution in [1.82, 2.24) is 10.2 Å². The molecule has 0 saturated heterocycles. The van der Waals surface area contributed by atoms with Crippen molar-refractivity contribution in [2.24, 2.45) is 5.92 Å². The topological polar surface area (TPSA) is 15.3 Å². The van der Waals surface area contributed by atoms with Crippen molar-refractivity contribution in [3.05, 3.63) is 35.4 Å². The predicted molar refractivity (Wildman–Crippen MR) is 75.4 cm³/mol. The number of benzene rings is 1. The second-order valence-corrected chi connectivity index (χ2v) is 5.63. The summed E-state index contributed by atoms with van der Waals surface area (Å²) in [4.78, 5) is 1.28. The lowest BCUT2D eigenvalue weighted by Gasteiger charge is -2.19. The fraction of sp³-hybridized carbons (Fsp3) is 0.600. The highest BCUT2D eigenvalue weighted by atomic mass is 19.4. The third-order valence-electron chi connectivity index (χ3n) is 2.77. The summed E-state index contributed by atoms with van der Waals surface area (Å²) < 4.78 is 36.8. The summed E-state index contributed by atoms with van der Waals surface area (Å²) in [6, 6.07) is 7.70. The molecule has 0 aliphatic heterocycles. The number of rotatable bonds is 7. The van der Waals surface area contributed by atoms with Gasteiger partial charge in [-0.3, -0.25) is 4.90 Å². The van der Waals surface area contributed by atoms with Crippen molar-refractivity contribution in [3.8, 4) is 0 Å². The first-order valence-electron chi connectivity index (χ1n) is 6.80. The first-order chi connectivity index (χ1) is 9.26. The molecule has 20 heavy (non-hydrogen) atoms. The maximum absolute atomic E-state index is 12.3. The van der Waals surface area contributed by atoms with Gasteiger partial charge in [-0.15, -0.1) is 0 Å². The van der Waals surface area contributed by atoms with Gasteiger partial charge in [0.2, 0.25) is 0 Å². The molecule has 0 aliphatic rings. The monoisotopic (exact) mass is 288 g/mol. The molecule has 114 valence electrons. The Hall–Kier alpha value is -1.07. The Labute approximate surface area is 119 Å². The Kier molecular flexibility index (Phi) is 6.49. The van der Waals surface area contributed by atoms with Gasteiger partial charge in [0.15, 0.2) is 0 Å². The Morgan fingerprint density at radius 2 is 1.85 bits per heavy atom. The quantitative estimate of drug-likeness (QED) is 0.827. The summed E-state index contributed by atoms with van der Waals surface area (Å²) in [5.74, 6) is 0.580. The Morgan fingerprint density at radius 1 is 1.20 bits per heavy atom. The molecule has 2 nitrogen and oxygen atoms in total. The van der Waals surface area contributed by atoms with Crippen LogP contribution in [0.2, 0.25) is 0 Å². The summed E-state index contributed by atoms with van der Waals surface area (Å²) in [6.45, 7) is 5.36. The summed E-state index contributed by atoms with van der Waals surface area (Å²) >= 11 is 0. The van der Waals surface area contributed by atoms with E-state index in [2.05, 4.69) is 19.2 Å². The van der Waals surface area contributed by atoms with Crippen LogP contribution in [0, 0.1) is 5.92 Å². The zero-order valence-electron chi connectivity index (χ0n) is 12.3. The van der Waals surface area contributed by atoms with Gasteiger partial charge in [-0.25, -0.2) is 0 Å². The van der Waals surface area contributed by atoms with E-state index in [1.54, 1.807) is 0 Å². The van der Waals surface area contributed by atoms with Gasteiger partial charge in [-0.1, -0.05) is 38.1 Å². The Bertz CT molecular complexity index is 402. The molecule has 1 aromatic carbocycles. The average Bonchev–Trinajstić information content (AvgIpc) is 2.26. The molecule has 0 atom stereocenters. The number of nitrogens with one attached hydrogen (secondary N) is 1. The fourth-order valence-electron chi connectivity index (χ4n) is 2.02.